The lowest BCUT2D eigenvalue weighted by molar-refractivity contribution is 0.569. The Hall–Kier alpha value is -2.45. The van der Waals surface area contributed by atoms with Crippen molar-refractivity contribution >= 4 is 11.0 Å². The molecule has 0 aliphatic heterocycles. The topological polar surface area (TPSA) is 95.6 Å². The predicted molar refractivity (Wildman–Crippen MR) is 71.9 cm³/mol. The molecule has 0 bridgehead atoms. The SMILES string of the molecule is NC(N)c1nn(Cc2ncccc2F)c2ncc(F)cc12. The van der Waals surface area contributed by atoms with Gasteiger partial charge < -0.3 is 11.5 Å². The summed E-state index contributed by atoms with van der Waals surface area (Å²) in [5.41, 5.74) is 12.1. The minimum Gasteiger partial charge on any atom is -0.311 e. The fourth-order valence-corrected chi connectivity index (χ4v) is 2.09. The van der Waals surface area contributed by atoms with Gasteiger partial charge in [0.25, 0.3) is 0 Å². The van der Waals surface area contributed by atoms with Crippen molar-refractivity contribution in [3.8, 4) is 0 Å². The summed E-state index contributed by atoms with van der Waals surface area (Å²) in [6.45, 7) is 0.0501. The lowest BCUT2D eigenvalue weighted by atomic mass is 10.2. The summed E-state index contributed by atoms with van der Waals surface area (Å²) in [5, 5.41) is 4.60. The minimum absolute atomic E-state index is 0.0501. The van der Waals surface area contributed by atoms with Crippen LogP contribution in [0.3, 0.4) is 0 Å². The first-order valence-electron chi connectivity index (χ1n) is 6.19. The minimum atomic E-state index is -0.883. The van der Waals surface area contributed by atoms with Gasteiger partial charge in [0.05, 0.1) is 24.6 Å². The van der Waals surface area contributed by atoms with Crippen LogP contribution in [-0.2, 0) is 6.54 Å². The summed E-state index contributed by atoms with van der Waals surface area (Å²) < 4.78 is 28.4. The smallest absolute Gasteiger partial charge is 0.158 e. The van der Waals surface area contributed by atoms with Crippen molar-refractivity contribution in [3.63, 3.8) is 0 Å². The van der Waals surface area contributed by atoms with Crippen molar-refractivity contribution in [2.24, 2.45) is 11.5 Å². The van der Waals surface area contributed by atoms with E-state index in [1.165, 1.54) is 29.1 Å². The lowest BCUT2D eigenvalue weighted by Gasteiger charge is -2.03. The Balaban J connectivity index is 2.13. The quantitative estimate of drug-likeness (QED) is 0.703. The van der Waals surface area contributed by atoms with E-state index in [1.54, 1.807) is 0 Å². The molecule has 0 radical (unpaired) electrons. The van der Waals surface area contributed by atoms with Crippen LogP contribution >= 0.6 is 0 Å². The molecule has 0 saturated carbocycles. The number of rotatable bonds is 3. The van der Waals surface area contributed by atoms with Crippen LogP contribution in [0.15, 0.2) is 30.6 Å². The maximum Gasteiger partial charge on any atom is 0.158 e. The molecule has 4 N–H and O–H groups in total. The molecule has 3 aromatic rings. The first kappa shape index (κ1) is 13.5. The molecule has 0 atom stereocenters. The van der Waals surface area contributed by atoms with Crippen LogP contribution in [0.5, 0.6) is 0 Å². The van der Waals surface area contributed by atoms with Gasteiger partial charge in [-0.05, 0) is 18.2 Å². The van der Waals surface area contributed by atoms with Gasteiger partial charge in [0.2, 0.25) is 0 Å². The Morgan fingerprint density at radius 3 is 2.76 bits per heavy atom. The van der Waals surface area contributed by atoms with Crippen LogP contribution in [0.25, 0.3) is 11.0 Å². The number of hydrogen-bond acceptors (Lipinski definition) is 5. The Morgan fingerprint density at radius 1 is 1.24 bits per heavy atom. The van der Waals surface area contributed by atoms with Crippen molar-refractivity contribution in [1.29, 1.82) is 0 Å². The zero-order valence-corrected chi connectivity index (χ0v) is 10.9. The van der Waals surface area contributed by atoms with Crippen LogP contribution < -0.4 is 11.5 Å². The van der Waals surface area contributed by atoms with Gasteiger partial charge in [-0.3, -0.25) is 4.98 Å². The molecule has 108 valence electrons. The highest BCUT2D eigenvalue weighted by Gasteiger charge is 2.17. The average Bonchev–Trinajstić information content (AvgIpc) is 2.79. The third-order valence-electron chi connectivity index (χ3n) is 3.03. The molecule has 3 aromatic heterocycles. The Labute approximate surface area is 118 Å². The van der Waals surface area contributed by atoms with Gasteiger partial charge in [-0.2, -0.15) is 5.10 Å². The second kappa shape index (κ2) is 5.15. The van der Waals surface area contributed by atoms with Gasteiger partial charge in [0.15, 0.2) is 5.65 Å². The second-order valence-electron chi connectivity index (χ2n) is 4.53. The molecular formula is C13H12F2N6. The fourth-order valence-electron chi connectivity index (χ4n) is 2.09. The van der Waals surface area contributed by atoms with Crippen molar-refractivity contribution in [2.75, 3.05) is 0 Å². The van der Waals surface area contributed by atoms with E-state index in [-0.39, 0.29) is 12.2 Å². The molecule has 6 nitrogen and oxygen atoms in total. The Kier molecular flexibility index (Phi) is 3.32. The summed E-state index contributed by atoms with van der Waals surface area (Å²) in [6.07, 6.45) is 1.65. The van der Waals surface area contributed by atoms with Gasteiger partial charge in [-0.25, -0.2) is 18.4 Å². The first-order valence-corrected chi connectivity index (χ1v) is 6.19. The van der Waals surface area contributed by atoms with Gasteiger partial charge in [-0.15, -0.1) is 0 Å². The van der Waals surface area contributed by atoms with E-state index in [0.717, 1.165) is 6.20 Å². The maximum absolute atomic E-state index is 13.7. The van der Waals surface area contributed by atoms with Crippen LogP contribution in [-0.4, -0.2) is 19.7 Å². The largest absolute Gasteiger partial charge is 0.311 e. The lowest BCUT2D eigenvalue weighted by Crippen LogP contribution is -2.21. The van der Waals surface area contributed by atoms with Crippen molar-refractivity contribution < 1.29 is 8.78 Å². The maximum atomic E-state index is 13.7. The van der Waals surface area contributed by atoms with Crippen molar-refractivity contribution in [2.45, 2.75) is 12.7 Å². The molecule has 0 aliphatic carbocycles. The number of fused-ring (bicyclic) bond motifs is 1. The highest BCUT2D eigenvalue weighted by molar-refractivity contribution is 5.78. The third kappa shape index (κ3) is 2.46. The third-order valence-corrected chi connectivity index (χ3v) is 3.03. The Morgan fingerprint density at radius 2 is 2.05 bits per heavy atom. The van der Waals surface area contributed by atoms with E-state index in [2.05, 4.69) is 15.1 Å². The number of halogens is 2. The molecule has 0 aromatic carbocycles. The van der Waals surface area contributed by atoms with Crippen LogP contribution in [0, 0.1) is 11.6 Å². The van der Waals surface area contributed by atoms with E-state index in [4.69, 9.17) is 11.5 Å². The molecule has 0 spiro atoms. The van der Waals surface area contributed by atoms with E-state index in [1.807, 2.05) is 0 Å². The first-order chi connectivity index (χ1) is 10.1. The highest BCUT2D eigenvalue weighted by atomic mass is 19.1. The number of nitrogens with zero attached hydrogens (tertiary/aromatic N) is 4. The van der Waals surface area contributed by atoms with E-state index in [0.29, 0.717) is 16.7 Å². The van der Waals surface area contributed by atoms with Gasteiger partial charge >= 0.3 is 0 Å². The molecule has 3 heterocycles. The molecule has 8 heteroatoms. The van der Waals surface area contributed by atoms with Gasteiger partial charge in [-0.1, -0.05) is 0 Å². The molecular weight excluding hydrogens is 278 g/mol. The zero-order valence-electron chi connectivity index (χ0n) is 10.9. The zero-order chi connectivity index (χ0) is 15.0. The van der Waals surface area contributed by atoms with Crippen molar-refractivity contribution in [1.82, 2.24) is 19.7 Å². The summed E-state index contributed by atoms with van der Waals surface area (Å²) in [6, 6.07) is 4.05. The average molecular weight is 290 g/mol. The number of nitrogens with two attached hydrogens (primary N) is 2. The van der Waals surface area contributed by atoms with Gasteiger partial charge in [0.1, 0.15) is 17.3 Å². The number of pyridine rings is 2. The summed E-state index contributed by atoms with van der Waals surface area (Å²) in [5.74, 6) is -0.977. The molecule has 21 heavy (non-hydrogen) atoms. The molecule has 0 unspecified atom stereocenters. The van der Waals surface area contributed by atoms with E-state index in [9.17, 15) is 8.78 Å². The second-order valence-corrected chi connectivity index (χ2v) is 4.53. The molecule has 0 amide bonds. The Bertz CT molecular complexity index is 798. The van der Waals surface area contributed by atoms with Crippen LogP contribution in [0.4, 0.5) is 8.78 Å². The van der Waals surface area contributed by atoms with E-state index >= 15 is 0 Å². The fraction of sp³-hybridized carbons (Fsp3) is 0.154. The number of hydrogen-bond donors (Lipinski definition) is 2. The monoisotopic (exact) mass is 290 g/mol. The summed E-state index contributed by atoms with van der Waals surface area (Å²) >= 11 is 0. The summed E-state index contributed by atoms with van der Waals surface area (Å²) in [7, 11) is 0. The highest BCUT2D eigenvalue weighted by Crippen LogP contribution is 2.21. The predicted octanol–water partition coefficient (Wildman–Crippen LogP) is 1.07. The van der Waals surface area contributed by atoms with Crippen LogP contribution in [0.2, 0.25) is 0 Å². The molecule has 3 rings (SSSR count). The molecule has 0 fully saturated rings. The number of aromatic nitrogens is 4. The van der Waals surface area contributed by atoms with Gasteiger partial charge in [0, 0.05) is 11.6 Å². The van der Waals surface area contributed by atoms with Crippen molar-refractivity contribution in [3.05, 3.63) is 53.6 Å². The summed E-state index contributed by atoms with van der Waals surface area (Å²) in [4.78, 5) is 7.93. The molecule has 0 saturated heterocycles. The standard InChI is InChI=1S/C13H12F2N6/c14-7-4-8-11(12(16)17)20-21(13(8)19-5-7)6-10-9(15)2-1-3-18-10/h1-5,12H,6,16-17H2. The normalized spacial score (nSPS) is 11.5. The molecule has 0 aliphatic rings. The van der Waals surface area contributed by atoms with E-state index < -0.39 is 17.8 Å². The van der Waals surface area contributed by atoms with Crippen LogP contribution in [0.1, 0.15) is 17.6 Å².